The zero-order valence-electron chi connectivity index (χ0n) is 15.1. The van der Waals surface area contributed by atoms with Gasteiger partial charge in [0.15, 0.2) is 0 Å². The summed E-state index contributed by atoms with van der Waals surface area (Å²) >= 11 is 0. The number of fused-ring (bicyclic) bond motifs is 1. The van der Waals surface area contributed by atoms with E-state index in [4.69, 9.17) is 0 Å². The minimum atomic E-state index is -0.104. The van der Waals surface area contributed by atoms with Gasteiger partial charge in [0.05, 0.1) is 11.2 Å². The average Bonchev–Trinajstić information content (AvgIpc) is 2.54. The first-order valence-corrected chi connectivity index (χ1v) is 8.54. The third-order valence-corrected chi connectivity index (χ3v) is 4.22. The highest BCUT2D eigenvalue weighted by Gasteiger charge is 2.11. The topological polar surface area (TPSA) is 83.6 Å². The number of aromatic nitrogens is 4. The fourth-order valence-corrected chi connectivity index (χ4v) is 2.79. The van der Waals surface area contributed by atoms with Crippen LogP contribution in [0.2, 0.25) is 0 Å². The molecule has 2 aromatic heterocycles. The first kappa shape index (κ1) is 17.1. The molecular weight excluding hydrogens is 314 g/mol. The molecule has 0 aliphatic carbocycles. The molecule has 0 saturated carbocycles. The number of H-pyrrole nitrogens is 1. The molecule has 6 heteroatoms. The minimum Gasteiger partial charge on any atom is -0.294 e. The van der Waals surface area contributed by atoms with Gasteiger partial charge in [0.25, 0.3) is 5.56 Å². The van der Waals surface area contributed by atoms with Crippen molar-refractivity contribution >= 4 is 22.8 Å². The van der Waals surface area contributed by atoms with E-state index in [9.17, 15) is 4.79 Å². The highest BCUT2D eigenvalue weighted by Crippen LogP contribution is 2.18. The zero-order chi connectivity index (χ0) is 18.0. The molecule has 0 spiro atoms. The van der Waals surface area contributed by atoms with E-state index in [0.29, 0.717) is 17.8 Å². The summed E-state index contributed by atoms with van der Waals surface area (Å²) in [6.07, 6.45) is 1.70. The van der Waals surface area contributed by atoms with Gasteiger partial charge >= 0.3 is 0 Å². The number of nitrogens with one attached hydrogen (secondary N) is 2. The monoisotopic (exact) mass is 337 g/mol. The van der Waals surface area contributed by atoms with Gasteiger partial charge in [-0.2, -0.15) is 0 Å². The number of hydrogen-bond donors (Lipinski definition) is 2. The molecule has 0 fully saturated rings. The van der Waals surface area contributed by atoms with E-state index in [1.807, 2.05) is 38.1 Å². The van der Waals surface area contributed by atoms with E-state index >= 15 is 0 Å². The average molecular weight is 337 g/mol. The Morgan fingerprint density at radius 3 is 2.56 bits per heavy atom. The van der Waals surface area contributed by atoms with E-state index in [1.54, 1.807) is 0 Å². The van der Waals surface area contributed by atoms with Crippen molar-refractivity contribution in [1.82, 2.24) is 19.9 Å². The standard InChI is InChI=1S/C19H23N5O/c1-11(2)9-10-15-13(4)21-19(23-17(15)25)24-18-20-12(3)14-7-5-6-8-16(14)22-18/h5-8,11H,9-10H2,1-4H3,(H2,20,21,22,23,24,25). The molecule has 130 valence electrons. The zero-order valence-corrected chi connectivity index (χ0v) is 15.1. The summed E-state index contributed by atoms with van der Waals surface area (Å²) in [7, 11) is 0. The van der Waals surface area contributed by atoms with Gasteiger partial charge < -0.3 is 0 Å². The summed E-state index contributed by atoms with van der Waals surface area (Å²) in [5.41, 5.74) is 3.11. The molecule has 0 amide bonds. The number of para-hydroxylation sites is 1. The lowest BCUT2D eigenvalue weighted by Gasteiger charge is -2.10. The third-order valence-electron chi connectivity index (χ3n) is 4.22. The van der Waals surface area contributed by atoms with Gasteiger partial charge in [-0.25, -0.2) is 15.0 Å². The molecule has 0 atom stereocenters. The van der Waals surface area contributed by atoms with Crippen LogP contribution < -0.4 is 10.9 Å². The van der Waals surface area contributed by atoms with Crippen LogP contribution in [0.4, 0.5) is 11.9 Å². The van der Waals surface area contributed by atoms with E-state index < -0.39 is 0 Å². The van der Waals surface area contributed by atoms with Gasteiger partial charge in [0, 0.05) is 16.6 Å². The second-order valence-electron chi connectivity index (χ2n) is 6.69. The van der Waals surface area contributed by atoms with E-state index in [1.165, 1.54) is 0 Å². The van der Waals surface area contributed by atoms with Crippen LogP contribution in [0.5, 0.6) is 0 Å². The van der Waals surface area contributed by atoms with E-state index in [2.05, 4.69) is 39.1 Å². The molecule has 0 radical (unpaired) electrons. The van der Waals surface area contributed by atoms with Crippen molar-refractivity contribution < 1.29 is 0 Å². The van der Waals surface area contributed by atoms with E-state index in [0.717, 1.165) is 40.7 Å². The Labute approximate surface area is 146 Å². The number of aryl methyl sites for hydroxylation is 2. The van der Waals surface area contributed by atoms with Gasteiger partial charge in [-0.05, 0) is 38.7 Å². The SMILES string of the molecule is Cc1nc(Nc2nc(C)c3ccccc3n2)[nH]c(=O)c1CCC(C)C. The summed E-state index contributed by atoms with van der Waals surface area (Å²) in [4.78, 5) is 28.6. The molecule has 0 bridgehead atoms. The number of anilines is 2. The molecule has 2 N–H and O–H groups in total. The summed E-state index contributed by atoms with van der Waals surface area (Å²) < 4.78 is 0. The molecule has 1 aromatic carbocycles. The Bertz CT molecular complexity index is 962. The number of rotatable bonds is 5. The number of hydrogen-bond acceptors (Lipinski definition) is 5. The lowest BCUT2D eigenvalue weighted by Crippen LogP contribution is -2.19. The second kappa shape index (κ2) is 7.01. The molecule has 6 nitrogen and oxygen atoms in total. The van der Waals surface area contributed by atoms with Crippen LogP contribution in [0.1, 0.15) is 37.2 Å². The molecular formula is C19H23N5O. The highest BCUT2D eigenvalue weighted by atomic mass is 16.1. The second-order valence-corrected chi connectivity index (χ2v) is 6.69. The maximum Gasteiger partial charge on any atom is 0.255 e. The minimum absolute atomic E-state index is 0.104. The normalized spacial score (nSPS) is 11.2. The Kier molecular flexibility index (Phi) is 4.79. The van der Waals surface area contributed by atoms with E-state index in [-0.39, 0.29) is 5.56 Å². The summed E-state index contributed by atoms with van der Waals surface area (Å²) in [6.45, 7) is 8.09. The molecule has 0 saturated heterocycles. The molecule has 0 unspecified atom stereocenters. The molecule has 25 heavy (non-hydrogen) atoms. The Balaban J connectivity index is 1.89. The molecule has 0 aliphatic rings. The maximum atomic E-state index is 12.4. The predicted octanol–water partition coefficient (Wildman–Crippen LogP) is 3.66. The highest BCUT2D eigenvalue weighted by molar-refractivity contribution is 5.81. The van der Waals surface area contributed by atoms with Gasteiger partial charge in [-0.15, -0.1) is 0 Å². The van der Waals surface area contributed by atoms with Crippen molar-refractivity contribution in [3.05, 3.63) is 51.6 Å². The third kappa shape index (κ3) is 3.84. The lowest BCUT2D eigenvalue weighted by molar-refractivity contribution is 0.582. The van der Waals surface area contributed by atoms with Crippen LogP contribution in [0, 0.1) is 19.8 Å². The first-order valence-electron chi connectivity index (χ1n) is 8.54. The van der Waals surface area contributed by atoms with Crippen molar-refractivity contribution in [1.29, 1.82) is 0 Å². The van der Waals surface area contributed by atoms with Crippen molar-refractivity contribution in [2.45, 2.75) is 40.5 Å². The fourth-order valence-electron chi connectivity index (χ4n) is 2.79. The van der Waals surface area contributed by atoms with Gasteiger partial charge in [-0.3, -0.25) is 15.1 Å². The Morgan fingerprint density at radius 2 is 1.84 bits per heavy atom. The largest absolute Gasteiger partial charge is 0.294 e. The van der Waals surface area contributed by atoms with Crippen LogP contribution in [0.15, 0.2) is 29.1 Å². The quantitative estimate of drug-likeness (QED) is 0.742. The van der Waals surface area contributed by atoms with Gasteiger partial charge in [0.1, 0.15) is 0 Å². The van der Waals surface area contributed by atoms with Crippen molar-refractivity contribution in [2.75, 3.05) is 5.32 Å². The summed E-state index contributed by atoms with van der Waals surface area (Å²) in [5.74, 6) is 1.34. The smallest absolute Gasteiger partial charge is 0.255 e. The predicted molar refractivity (Wildman–Crippen MR) is 100 cm³/mol. The number of benzene rings is 1. The van der Waals surface area contributed by atoms with Crippen LogP contribution >= 0.6 is 0 Å². The van der Waals surface area contributed by atoms with Crippen LogP contribution in [0.3, 0.4) is 0 Å². The summed E-state index contributed by atoms with van der Waals surface area (Å²) in [6, 6.07) is 7.82. The first-order chi connectivity index (χ1) is 11.9. The Morgan fingerprint density at radius 1 is 1.08 bits per heavy atom. The number of nitrogens with zero attached hydrogens (tertiary/aromatic N) is 3. The number of aromatic amines is 1. The molecule has 2 heterocycles. The van der Waals surface area contributed by atoms with Gasteiger partial charge in [0.2, 0.25) is 11.9 Å². The van der Waals surface area contributed by atoms with Crippen molar-refractivity contribution in [3.8, 4) is 0 Å². The molecule has 3 aromatic rings. The fraction of sp³-hybridized carbons (Fsp3) is 0.368. The van der Waals surface area contributed by atoms with Crippen LogP contribution in [0.25, 0.3) is 10.9 Å². The summed E-state index contributed by atoms with van der Waals surface area (Å²) in [5, 5.41) is 4.03. The van der Waals surface area contributed by atoms with Crippen molar-refractivity contribution in [2.24, 2.45) is 5.92 Å². The molecule has 0 aliphatic heterocycles. The lowest BCUT2D eigenvalue weighted by atomic mass is 10.0. The van der Waals surface area contributed by atoms with Crippen LogP contribution in [-0.2, 0) is 6.42 Å². The maximum absolute atomic E-state index is 12.4. The van der Waals surface area contributed by atoms with Crippen LogP contribution in [-0.4, -0.2) is 19.9 Å². The molecule has 3 rings (SSSR count). The van der Waals surface area contributed by atoms with Gasteiger partial charge in [-0.1, -0.05) is 32.0 Å². The van der Waals surface area contributed by atoms with Crippen molar-refractivity contribution in [3.63, 3.8) is 0 Å². The Hall–Kier alpha value is -2.76.